The molecule has 5 rings (SSSR count). The van der Waals surface area contributed by atoms with Gasteiger partial charge in [0.1, 0.15) is 11.3 Å². The largest absolute Gasteiger partial charge is 0.497 e. The zero-order valence-corrected chi connectivity index (χ0v) is 20.7. The fourth-order valence-corrected chi connectivity index (χ4v) is 4.25. The quantitative estimate of drug-likeness (QED) is 0.335. The number of hydrogen-bond acceptors (Lipinski definition) is 5. The normalized spacial score (nSPS) is 11.6. The fourth-order valence-electron chi connectivity index (χ4n) is 4.25. The highest BCUT2D eigenvalue weighted by molar-refractivity contribution is 5.99. The number of aryl methyl sites for hydroxylation is 1. The summed E-state index contributed by atoms with van der Waals surface area (Å²) in [6, 6.07) is 16.9. The molecule has 0 fully saturated rings. The van der Waals surface area contributed by atoms with Crippen LogP contribution in [0.15, 0.2) is 66.9 Å². The predicted molar refractivity (Wildman–Crippen MR) is 134 cm³/mol. The minimum Gasteiger partial charge on any atom is -0.497 e. The van der Waals surface area contributed by atoms with Gasteiger partial charge < -0.3 is 10.1 Å². The molecular weight excluding hydrogens is 497 g/mol. The Labute approximate surface area is 215 Å². The van der Waals surface area contributed by atoms with Gasteiger partial charge in [0.05, 0.1) is 30.4 Å². The second-order valence-electron chi connectivity index (χ2n) is 8.63. The molecule has 0 aliphatic rings. The third kappa shape index (κ3) is 4.58. The van der Waals surface area contributed by atoms with E-state index in [0.717, 1.165) is 34.9 Å². The van der Waals surface area contributed by atoms with Gasteiger partial charge in [0, 0.05) is 23.4 Å². The molecule has 5 aromatic rings. The van der Waals surface area contributed by atoms with Gasteiger partial charge in [0.15, 0.2) is 11.3 Å². The standard InChI is InChI=1S/C27H23F3N6O2/c1-16-21(17(2)35(34-16)19-7-5-4-6-8-19)14-31-26(37)22-15-32-36-24(27(28,29)30)13-23(33-25(22)36)18-9-11-20(38-3)12-10-18/h4-13,15H,14H2,1-3H3,(H,31,37). The Balaban J connectivity index is 1.48. The molecule has 194 valence electrons. The molecule has 0 radical (unpaired) electrons. The van der Waals surface area contributed by atoms with Crippen LogP contribution in [0.3, 0.4) is 0 Å². The van der Waals surface area contributed by atoms with E-state index in [1.54, 1.807) is 28.9 Å². The van der Waals surface area contributed by atoms with Crippen molar-refractivity contribution in [3.63, 3.8) is 0 Å². The molecule has 2 aromatic carbocycles. The number of carbonyl (C=O) groups excluding carboxylic acids is 1. The number of ether oxygens (including phenoxy) is 1. The average molecular weight is 521 g/mol. The Bertz CT molecular complexity index is 1620. The van der Waals surface area contributed by atoms with Gasteiger partial charge in [0.2, 0.25) is 0 Å². The smallest absolute Gasteiger partial charge is 0.433 e. The van der Waals surface area contributed by atoms with Crippen LogP contribution in [0.4, 0.5) is 13.2 Å². The molecule has 0 aliphatic carbocycles. The summed E-state index contributed by atoms with van der Waals surface area (Å²) in [4.78, 5) is 17.5. The molecule has 0 bridgehead atoms. The van der Waals surface area contributed by atoms with Crippen LogP contribution < -0.4 is 10.1 Å². The number of alkyl halides is 3. The lowest BCUT2D eigenvalue weighted by Crippen LogP contribution is -2.23. The summed E-state index contributed by atoms with van der Waals surface area (Å²) in [6.45, 7) is 3.86. The molecule has 38 heavy (non-hydrogen) atoms. The molecule has 3 aromatic heterocycles. The lowest BCUT2D eigenvalue weighted by molar-refractivity contribution is -0.142. The van der Waals surface area contributed by atoms with Crippen molar-refractivity contribution in [1.29, 1.82) is 0 Å². The van der Waals surface area contributed by atoms with Crippen molar-refractivity contribution in [2.75, 3.05) is 7.11 Å². The maximum absolute atomic E-state index is 13.9. The molecule has 1 amide bonds. The van der Waals surface area contributed by atoms with E-state index in [2.05, 4.69) is 20.5 Å². The van der Waals surface area contributed by atoms with Crippen molar-refractivity contribution in [3.05, 3.63) is 95.1 Å². The van der Waals surface area contributed by atoms with Gasteiger partial charge in [-0.3, -0.25) is 4.79 Å². The average Bonchev–Trinajstić information content (AvgIpc) is 3.47. The number of nitrogens with zero attached hydrogens (tertiary/aromatic N) is 5. The number of fused-ring (bicyclic) bond motifs is 1. The van der Waals surface area contributed by atoms with Gasteiger partial charge in [0.25, 0.3) is 5.91 Å². The van der Waals surface area contributed by atoms with Crippen molar-refractivity contribution < 1.29 is 22.7 Å². The molecule has 0 spiro atoms. The van der Waals surface area contributed by atoms with Gasteiger partial charge in [-0.05, 0) is 56.3 Å². The maximum atomic E-state index is 13.9. The Kier molecular flexibility index (Phi) is 6.35. The molecule has 1 N–H and O–H groups in total. The van der Waals surface area contributed by atoms with Crippen molar-refractivity contribution >= 4 is 11.6 Å². The van der Waals surface area contributed by atoms with Crippen LogP contribution in [0.5, 0.6) is 5.75 Å². The van der Waals surface area contributed by atoms with Crippen LogP contribution >= 0.6 is 0 Å². The number of aromatic nitrogens is 5. The van der Waals surface area contributed by atoms with Crippen molar-refractivity contribution in [2.24, 2.45) is 0 Å². The van der Waals surface area contributed by atoms with Crippen molar-refractivity contribution in [2.45, 2.75) is 26.6 Å². The van der Waals surface area contributed by atoms with Crippen molar-refractivity contribution in [3.8, 4) is 22.7 Å². The van der Waals surface area contributed by atoms with E-state index in [-0.39, 0.29) is 23.4 Å². The summed E-state index contributed by atoms with van der Waals surface area (Å²) in [7, 11) is 1.49. The number of para-hydroxylation sites is 1. The van der Waals surface area contributed by atoms with Gasteiger partial charge in [-0.25, -0.2) is 14.2 Å². The summed E-state index contributed by atoms with van der Waals surface area (Å²) in [5.41, 5.74) is 2.43. The van der Waals surface area contributed by atoms with Crippen molar-refractivity contribution in [1.82, 2.24) is 29.7 Å². The number of methoxy groups -OCH3 is 1. The minimum absolute atomic E-state index is 0.0536. The topological polar surface area (TPSA) is 86.3 Å². The van der Waals surface area contributed by atoms with Crippen LogP contribution in [-0.4, -0.2) is 37.4 Å². The molecule has 11 heteroatoms. The fraction of sp³-hybridized carbons (Fsp3) is 0.185. The number of rotatable bonds is 6. The number of nitrogens with one attached hydrogen (secondary N) is 1. The van der Waals surface area contributed by atoms with E-state index in [1.165, 1.54) is 7.11 Å². The zero-order chi connectivity index (χ0) is 27.0. The number of hydrogen-bond donors (Lipinski definition) is 1. The first-order valence-electron chi connectivity index (χ1n) is 11.7. The van der Waals surface area contributed by atoms with Crippen LogP contribution in [-0.2, 0) is 12.7 Å². The van der Waals surface area contributed by atoms with Gasteiger partial charge in [-0.1, -0.05) is 18.2 Å². The van der Waals surface area contributed by atoms with Gasteiger partial charge in [-0.15, -0.1) is 0 Å². The second-order valence-corrected chi connectivity index (χ2v) is 8.63. The molecule has 0 atom stereocenters. The highest BCUT2D eigenvalue weighted by Crippen LogP contribution is 2.33. The minimum atomic E-state index is -4.72. The molecule has 0 aliphatic heterocycles. The zero-order valence-electron chi connectivity index (χ0n) is 20.7. The monoisotopic (exact) mass is 520 g/mol. The summed E-state index contributed by atoms with van der Waals surface area (Å²) in [6.07, 6.45) is -3.62. The third-order valence-electron chi connectivity index (χ3n) is 6.26. The summed E-state index contributed by atoms with van der Waals surface area (Å²) in [5, 5.41) is 11.2. The first-order chi connectivity index (χ1) is 18.2. The number of carbonyl (C=O) groups is 1. The summed E-state index contributed by atoms with van der Waals surface area (Å²) >= 11 is 0. The van der Waals surface area contributed by atoms with E-state index in [9.17, 15) is 18.0 Å². The van der Waals surface area contributed by atoms with Crippen LogP contribution in [0.25, 0.3) is 22.6 Å². The van der Waals surface area contributed by atoms with E-state index < -0.39 is 17.8 Å². The lowest BCUT2D eigenvalue weighted by Gasteiger charge is -2.12. The number of halogens is 3. The second kappa shape index (κ2) is 9.66. The summed E-state index contributed by atoms with van der Waals surface area (Å²) < 4.78 is 49.3. The van der Waals surface area contributed by atoms with E-state index in [4.69, 9.17) is 4.74 Å². The molecule has 0 unspecified atom stereocenters. The van der Waals surface area contributed by atoms with Crippen LogP contribution in [0.1, 0.15) is 33.0 Å². The Hall–Kier alpha value is -4.67. The van der Waals surface area contributed by atoms with Gasteiger partial charge in [-0.2, -0.15) is 23.4 Å². The Morgan fingerprint density at radius 1 is 1.05 bits per heavy atom. The van der Waals surface area contributed by atoms with Crippen LogP contribution in [0.2, 0.25) is 0 Å². The SMILES string of the molecule is COc1ccc(-c2cc(C(F)(F)F)n3ncc(C(=O)NCc4c(C)nn(-c5ccccc5)c4C)c3n2)cc1. The van der Waals surface area contributed by atoms with Crippen LogP contribution in [0, 0.1) is 13.8 Å². The number of amides is 1. The summed E-state index contributed by atoms with van der Waals surface area (Å²) in [5.74, 6) is -0.0461. The molecule has 3 heterocycles. The maximum Gasteiger partial charge on any atom is 0.433 e. The van der Waals surface area contributed by atoms with E-state index >= 15 is 0 Å². The highest BCUT2D eigenvalue weighted by atomic mass is 19.4. The first-order valence-corrected chi connectivity index (χ1v) is 11.7. The Morgan fingerprint density at radius 3 is 2.42 bits per heavy atom. The first kappa shape index (κ1) is 25.0. The molecular formula is C27H23F3N6O2. The predicted octanol–water partition coefficient (Wildman–Crippen LogP) is 5.16. The Morgan fingerprint density at radius 2 is 1.76 bits per heavy atom. The van der Waals surface area contributed by atoms with E-state index in [1.807, 2.05) is 44.2 Å². The van der Waals surface area contributed by atoms with E-state index in [0.29, 0.717) is 15.8 Å². The third-order valence-corrected chi connectivity index (χ3v) is 6.26. The van der Waals surface area contributed by atoms with Gasteiger partial charge >= 0.3 is 6.18 Å². The molecule has 0 saturated carbocycles. The number of benzene rings is 2. The molecule has 0 saturated heterocycles. The lowest BCUT2D eigenvalue weighted by atomic mass is 10.1. The molecule has 8 nitrogen and oxygen atoms in total. The highest BCUT2D eigenvalue weighted by Gasteiger charge is 2.36.